The van der Waals surface area contributed by atoms with Gasteiger partial charge in [0, 0.05) is 16.8 Å². The average Bonchev–Trinajstić information content (AvgIpc) is 2.53. The molecule has 0 radical (unpaired) electrons. The van der Waals surface area contributed by atoms with Crippen molar-refractivity contribution in [3.05, 3.63) is 59.4 Å². The minimum atomic E-state index is -3.89. The first-order valence-corrected chi connectivity index (χ1v) is 10.1. The van der Waals surface area contributed by atoms with E-state index in [1.807, 2.05) is 19.9 Å². The van der Waals surface area contributed by atoms with E-state index in [-0.39, 0.29) is 16.8 Å². The molecule has 1 amide bonds. The van der Waals surface area contributed by atoms with Gasteiger partial charge in [0.25, 0.3) is 0 Å². The molecule has 26 heavy (non-hydrogen) atoms. The summed E-state index contributed by atoms with van der Waals surface area (Å²) in [6.45, 7) is 3.11. The fourth-order valence-corrected chi connectivity index (χ4v) is 3.59. The van der Waals surface area contributed by atoms with Gasteiger partial charge < -0.3 is 4.90 Å². The molecule has 2 aromatic rings. The van der Waals surface area contributed by atoms with E-state index in [0.717, 1.165) is 16.6 Å². The molecule has 0 aromatic heterocycles. The van der Waals surface area contributed by atoms with E-state index in [0.29, 0.717) is 5.69 Å². The number of nitrogens with zero attached hydrogens (tertiary/aromatic N) is 2. The quantitative estimate of drug-likeness (QED) is 0.745. The second kappa shape index (κ2) is 8.05. The molecule has 0 aliphatic rings. The maximum absolute atomic E-state index is 14.2. The summed E-state index contributed by atoms with van der Waals surface area (Å²) < 4.78 is 39.4. The SMILES string of the molecule is CC(C)N(C(=O)CN(c1ccc(Cl)cc1F)S(C)(=O)=O)c1ccccc1. The first-order chi connectivity index (χ1) is 12.1. The summed E-state index contributed by atoms with van der Waals surface area (Å²) in [5.41, 5.74) is 0.416. The van der Waals surface area contributed by atoms with E-state index in [9.17, 15) is 17.6 Å². The lowest BCUT2D eigenvalue weighted by molar-refractivity contribution is -0.117. The third-order valence-electron chi connectivity index (χ3n) is 3.68. The second-order valence-corrected chi connectivity index (χ2v) is 8.40. The largest absolute Gasteiger partial charge is 0.308 e. The van der Waals surface area contributed by atoms with Crippen LogP contribution in [0.3, 0.4) is 0 Å². The number of sulfonamides is 1. The van der Waals surface area contributed by atoms with Crippen LogP contribution in [-0.2, 0) is 14.8 Å². The van der Waals surface area contributed by atoms with Crippen LogP contribution < -0.4 is 9.21 Å². The van der Waals surface area contributed by atoms with Crippen molar-refractivity contribution in [1.82, 2.24) is 0 Å². The summed E-state index contributed by atoms with van der Waals surface area (Å²) in [5.74, 6) is -1.28. The number of hydrogen-bond acceptors (Lipinski definition) is 3. The maximum Gasteiger partial charge on any atom is 0.247 e. The Hall–Kier alpha value is -2.12. The molecule has 2 aromatic carbocycles. The second-order valence-electron chi connectivity index (χ2n) is 6.06. The Morgan fingerprint density at radius 2 is 1.77 bits per heavy atom. The molecule has 0 unspecified atom stereocenters. The zero-order chi connectivity index (χ0) is 19.5. The van der Waals surface area contributed by atoms with Gasteiger partial charge in [-0.05, 0) is 44.2 Å². The van der Waals surface area contributed by atoms with Crippen LogP contribution in [0.2, 0.25) is 5.02 Å². The van der Waals surface area contributed by atoms with Gasteiger partial charge in [-0.3, -0.25) is 9.10 Å². The number of para-hydroxylation sites is 1. The zero-order valence-corrected chi connectivity index (χ0v) is 16.3. The minimum absolute atomic E-state index is 0.138. The Kier molecular flexibility index (Phi) is 6.26. The summed E-state index contributed by atoms with van der Waals surface area (Å²) in [6.07, 6.45) is 0.927. The minimum Gasteiger partial charge on any atom is -0.308 e. The summed E-state index contributed by atoms with van der Waals surface area (Å²) in [4.78, 5) is 14.3. The molecular formula is C18H20ClFN2O3S. The molecule has 0 atom stereocenters. The van der Waals surface area contributed by atoms with Crippen LogP contribution in [0.5, 0.6) is 0 Å². The third kappa shape index (κ3) is 4.74. The van der Waals surface area contributed by atoms with Crippen molar-refractivity contribution in [2.75, 3.05) is 22.0 Å². The van der Waals surface area contributed by atoms with Gasteiger partial charge in [-0.25, -0.2) is 12.8 Å². The molecule has 2 rings (SSSR count). The lowest BCUT2D eigenvalue weighted by Gasteiger charge is -2.30. The normalized spacial score (nSPS) is 11.5. The molecule has 0 aliphatic carbocycles. The highest BCUT2D eigenvalue weighted by Gasteiger charge is 2.28. The van der Waals surface area contributed by atoms with Crippen molar-refractivity contribution < 1.29 is 17.6 Å². The topological polar surface area (TPSA) is 57.7 Å². The molecule has 0 N–H and O–H groups in total. The molecule has 0 saturated carbocycles. The van der Waals surface area contributed by atoms with Crippen molar-refractivity contribution >= 4 is 38.9 Å². The van der Waals surface area contributed by atoms with Gasteiger partial charge in [0.15, 0.2) is 0 Å². The first kappa shape index (κ1) is 20.2. The van der Waals surface area contributed by atoms with Crippen molar-refractivity contribution in [2.24, 2.45) is 0 Å². The fraction of sp³-hybridized carbons (Fsp3) is 0.278. The number of hydrogen-bond donors (Lipinski definition) is 0. The van der Waals surface area contributed by atoms with E-state index >= 15 is 0 Å². The molecule has 0 aliphatic heterocycles. The third-order valence-corrected chi connectivity index (χ3v) is 5.04. The van der Waals surface area contributed by atoms with Crippen molar-refractivity contribution in [3.8, 4) is 0 Å². The Bertz CT molecular complexity index is 889. The summed E-state index contributed by atoms with van der Waals surface area (Å²) in [6, 6.07) is 12.3. The highest BCUT2D eigenvalue weighted by Crippen LogP contribution is 2.26. The number of carbonyl (C=O) groups is 1. The Morgan fingerprint density at radius 1 is 1.15 bits per heavy atom. The number of halogens is 2. The highest BCUT2D eigenvalue weighted by molar-refractivity contribution is 7.92. The van der Waals surface area contributed by atoms with Gasteiger partial charge in [0.05, 0.1) is 11.9 Å². The Balaban J connectivity index is 2.40. The van der Waals surface area contributed by atoms with Crippen LogP contribution in [0, 0.1) is 5.82 Å². The van der Waals surface area contributed by atoms with Crippen molar-refractivity contribution in [3.63, 3.8) is 0 Å². The van der Waals surface area contributed by atoms with E-state index in [2.05, 4.69) is 0 Å². The van der Waals surface area contributed by atoms with E-state index in [4.69, 9.17) is 11.6 Å². The molecule has 0 fully saturated rings. The lowest BCUT2D eigenvalue weighted by atomic mass is 10.2. The molecular weight excluding hydrogens is 379 g/mol. The van der Waals surface area contributed by atoms with Gasteiger partial charge in [0.2, 0.25) is 15.9 Å². The van der Waals surface area contributed by atoms with Gasteiger partial charge in [-0.15, -0.1) is 0 Å². The fourth-order valence-electron chi connectivity index (χ4n) is 2.58. The van der Waals surface area contributed by atoms with Gasteiger partial charge in [0.1, 0.15) is 12.4 Å². The van der Waals surface area contributed by atoms with Crippen LogP contribution in [0.25, 0.3) is 0 Å². The molecule has 5 nitrogen and oxygen atoms in total. The van der Waals surface area contributed by atoms with Crippen LogP contribution in [0.1, 0.15) is 13.8 Å². The standard InChI is InChI=1S/C18H20ClFN2O3S/c1-13(2)22(15-7-5-4-6-8-15)18(23)12-21(26(3,24)25)17-10-9-14(19)11-16(17)20/h4-11,13H,12H2,1-3H3. The average molecular weight is 399 g/mol. The summed E-state index contributed by atoms with van der Waals surface area (Å²) in [7, 11) is -3.89. The van der Waals surface area contributed by atoms with Crippen molar-refractivity contribution in [2.45, 2.75) is 19.9 Å². The molecule has 0 spiro atoms. The number of rotatable bonds is 6. The van der Waals surface area contributed by atoms with Gasteiger partial charge in [-0.2, -0.15) is 0 Å². The van der Waals surface area contributed by atoms with E-state index < -0.39 is 28.3 Å². The predicted molar refractivity (Wildman–Crippen MR) is 103 cm³/mol. The number of amides is 1. The Morgan fingerprint density at radius 3 is 2.27 bits per heavy atom. The number of anilines is 2. The lowest BCUT2D eigenvalue weighted by Crippen LogP contribution is -2.46. The zero-order valence-electron chi connectivity index (χ0n) is 14.7. The van der Waals surface area contributed by atoms with Crippen LogP contribution >= 0.6 is 11.6 Å². The van der Waals surface area contributed by atoms with Crippen LogP contribution in [-0.4, -0.2) is 33.2 Å². The molecule has 140 valence electrons. The smallest absolute Gasteiger partial charge is 0.247 e. The Labute approximate surface area is 158 Å². The molecule has 0 bridgehead atoms. The summed E-state index contributed by atoms with van der Waals surface area (Å²) >= 11 is 5.73. The van der Waals surface area contributed by atoms with E-state index in [1.165, 1.54) is 17.0 Å². The monoisotopic (exact) mass is 398 g/mol. The van der Waals surface area contributed by atoms with E-state index in [1.54, 1.807) is 24.3 Å². The number of carbonyl (C=O) groups excluding carboxylic acids is 1. The molecule has 8 heteroatoms. The van der Waals surface area contributed by atoms with Crippen LogP contribution in [0.15, 0.2) is 48.5 Å². The van der Waals surface area contributed by atoms with Crippen molar-refractivity contribution in [1.29, 1.82) is 0 Å². The maximum atomic E-state index is 14.2. The highest BCUT2D eigenvalue weighted by atomic mass is 35.5. The van der Waals surface area contributed by atoms with Gasteiger partial charge in [-0.1, -0.05) is 29.8 Å². The molecule has 0 heterocycles. The number of benzene rings is 2. The van der Waals surface area contributed by atoms with Gasteiger partial charge >= 0.3 is 0 Å². The summed E-state index contributed by atoms with van der Waals surface area (Å²) in [5, 5.41) is 0.138. The predicted octanol–water partition coefficient (Wildman–Crippen LogP) is 3.69. The van der Waals surface area contributed by atoms with Crippen LogP contribution in [0.4, 0.5) is 15.8 Å². The molecule has 0 saturated heterocycles. The first-order valence-electron chi connectivity index (χ1n) is 7.91.